The summed E-state index contributed by atoms with van der Waals surface area (Å²) in [6, 6.07) is 3.49. The van der Waals surface area contributed by atoms with Crippen LogP contribution in [0, 0.1) is 5.92 Å². The van der Waals surface area contributed by atoms with E-state index in [9.17, 15) is 4.79 Å². The molecular weight excluding hydrogens is 254 g/mol. The minimum absolute atomic E-state index is 0.0815. The summed E-state index contributed by atoms with van der Waals surface area (Å²) < 4.78 is 5.48. The number of anilines is 1. The molecule has 0 saturated heterocycles. The molecule has 1 aliphatic rings. The number of ether oxygens (including phenoxy) is 1. The van der Waals surface area contributed by atoms with Gasteiger partial charge in [0.25, 0.3) is 5.91 Å². The second-order valence-electron chi connectivity index (χ2n) is 5.13. The van der Waals surface area contributed by atoms with Crippen molar-refractivity contribution in [1.82, 2.24) is 10.3 Å². The van der Waals surface area contributed by atoms with Crippen LogP contribution in [0.3, 0.4) is 0 Å². The molecule has 0 radical (unpaired) electrons. The first-order valence-electron chi connectivity index (χ1n) is 7.35. The molecule has 0 bridgehead atoms. The molecule has 20 heavy (non-hydrogen) atoms. The number of hydrogen-bond donors (Lipinski definition) is 2. The molecule has 0 spiro atoms. The first kappa shape index (κ1) is 14.8. The Hall–Kier alpha value is -1.62. The van der Waals surface area contributed by atoms with Crippen molar-refractivity contribution >= 4 is 11.7 Å². The van der Waals surface area contributed by atoms with Crippen LogP contribution in [-0.2, 0) is 4.74 Å². The van der Waals surface area contributed by atoms with Gasteiger partial charge in [-0.1, -0.05) is 6.92 Å². The van der Waals surface area contributed by atoms with Gasteiger partial charge in [-0.15, -0.1) is 0 Å². The first-order chi connectivity index (χ1) is 9.79. The standard InChI is InChI=1S/C15H23N3O2/c1-2-6-16-14-10-13(5-7-17-14)15(19)18-8-9-20-11-12-3-4-12/h5,7,10,12H,2-4,6,8-9,11H2,1H3,(H,16,17)(H,18,19). The number of nitrogens with one attached hydrogen (secondary N) is 2. The Morgan fingerprint density at radius 1 is 1.45 bits per heavy atom. The van der Waals surface area contributed by atoms with Gasteiger partial charge < -0.3 is 15.4 Å². The SMILES string of the molecule is CCCNc1cc(C(=O)NCCOCC2CC2)ccn1. The quantitative estimate of drug-likeness (QED) is 0.678. The fourth-order valence-corrected chi connectivity index (χ4v) is 1.79. The molecule has 1 saturated carbocycles. The lowest BCUT2D eigenvalue weighted by atomic mass is 10.2. The zero-order chi connectivity index (χ0) is 14.2. The fourth-order valence-electron chi connectivity index (χ4n) is 1.79. The Balaban J connectivity index is 1.70. The van der Waals surface area contributed by atoms with E-state index < -0.39 is 0 Å². The van der Waals surface area contributed by atoms with Crippen LogP contribution in [0.5, 0.6) is 0 Å². The highest BCUT2D eigenvalue weighted by molar-refractivity contribution is 5.94. The molecule has 1 aromatic rings. The van der Waals surface area contributed by atoms with E-state index in [0.717, 1.165) is 31.3 Å². The summed E-state index contributed by atoms with van der Waals surface area (Å²) in [5, 5.41) is 6.03. The molecule has 5 nitrogen and oxygen atoms in total. The van der Waals surface area contributed by atoms with E-state index in [-0.39, 0.29) is 5.91 Å². The second kappa shape index (κ2) is 7.85. The van der Waals surface area contributed by atoms with Gasteiger partial charge in [-0.25, -0.2) is 4.98 Å². The van der Waals surface area contributed by atoms with Gasteiger partial charge in [0.2, 0.25) is 0 Å². The Labute approximate surface area is 120 Å². The number of aromatic nitrogens is 1. The van der Waals surface area contributed by atoms with Crippen LogP contribution in [0.2, 0.25) is 0 Å². The van der Waals surface area contributed by atoms with Crippen LogP contribution in [0.4, 0.5) is 5.82 Å². The predicted octanol–water partition coefficient (Wildman–Crippen LogP) is 2.06. The maximum atomic E-state index is 12.0. The number of amides is 1. The first-order valence-corrected chi connectivity index (χ1v) is 7.35. The molecule has 5 heteroatoms. The minimum Gasteiger partial charge on any atom is -0.379 e. The molecule has 1 aliphatic carbocycles. The predicted molar refractivity (Wildman–Crippen MR) is 78.9 cm³/mol. The summed E-state index contributed by atoms with van der Waals surface area (Å²) in [6.45, 7) is 4.90. The minimum atomic E-state index is -0.0815. The van der Waals surface area contributed by atoms with Gasteiger partial charge in [-0.05, 0) is 37.3 Å². The number of pyridine rings is 1. The lowest BCUT2D eigenvalue weighted by molar-refractivity contribution is 0.0906. The number of carbonyl (C=O) groups is 1. The van der Waals surface area contributed by atoms with Gasteiger partial charge in [0.05, 0.1) is 6.61 Å². The van der Waals surface area contributed by atoms with E-state index in [4.69, 9.17) is 4.74 Å². The van der Waals surface area contributed by atoms with Crippen LogP contribution < -0.4 is 10.6 Å². The van der Waals surface area contributed by atoms with Gasteiger partial charge in [-0.2, -0.15) is 0 Å². The average molecular weight is 277 g/mol. The molecule has 2 rings (SSSR count). The Morgan fingerprint density at radius 3 is 3.05 bits per heavy atom. The average Bonchev–Trinajstić information content (AvgIpc) is 3.29. The van der Waals surface area contributed by atoms with Gasteiger partial charge in [0.1, 0.15) is 5.82 Å². The van der Waals surface area contributed by atoms with E-state index in [0.29, 0.717) is 18.7 Å². The van der Waals surface area contributed by atoms with E-state index in [1.54, 1.807) is 18.3 Å². The number of carbonyl (C=O) groups excluding carboxylic acids is 1. The molecule has 0 atom stereocenters. The van der Waals surface area contributed by atoms with Crippen molar-refractivity contribution in [1.29, 1.82) is 0 Å². The number of nitrogens with zero attached hydrogens (tertiary/aromatic N) is 1. The molecule has 1 heterocycles. The molecule has 0 unspecified atom stereocenters. The summed E-state index contributed by atoms with van der Waals surface area (Å²) in [5.41, 5.74) is 0.626. The van der Waals surface area contributed by atoms with Gasteiger partial charge in [0.15, 0.2) is 0 Å². The summed E-state index contributed by atoms with van der Waals surface area (Å²) >= 11 is 0. The molecule has 1 fully saturated rings. The Morgan fingerprint density at radius 2 is 2.30 bits per heavy atom. The molecular formula is C15H23N3O2. The van der Waals surface area contributed by atoms with E-state index in [1.807, 2.05) is 0 Å². The van der Waals surface area contributed by atoms with Crippen molar-refractivity contribution in [2.45, 2.75) is 26.2 Å². The van der Waals surface area contributed by atoms with Crippen molar-refractivity contribution in [2.24, 2.45) is 5.92 Å². The smallest absolute Gasteiger partial charge is 0.251 e. The molecule has 1 aromatic heterocycles. The lowest BCUT2D eigenvalue weighted by Crippen LogP contribution is -2.27. The molecule has 0 aromatic carbocycles. The van der Waals surface area contributed by atoms with Crippen LogP contribution in [-0.4, -0.2) is 37.2 Å². The normalized spacial score (nSPS) is 14.1. The van der Waals surface area contributed by atoms with Gasteiger partial charge in [-0.3, -0.25) is 4.79 Å². The second-order valence-corrected chi connectivity index (χ2v) is 5.13. The number of rotatable bonds is 9. The summed E-state index contributed by atoms with van der Waals surface area (Å²) in [4.78, 5) is 16.1. The highest BCUT2D eigenvalue weighted by Gasteiger charge is 2.20. The zero-order valence-corrected chi connectivity index (χ0v) is 12.0. The zero-order valence-electron chi connectivity index (χ0n) is 12.0. The molecule has 2 N–H and O–H groups in total. The number of hydrogen-bond acceptors (Lipinski definition) is 4. The Bertz CT molecular complexity index is 433. The molecule has 1 amide bonds. The highest BCUT2D eigenvalue weighted by Crippen LogP contribution is 2.28. The summed E-state index contributed by atoms with van der Waals surface area (Å²) in [6.07, 6.45) is 5.25. The molecule has 0 aliphatic heterocycles. The van der Waals surface area contributed by atoms with Crippen LogP contribution in [0.25, 0.3) is 0 Å². The van der Waals surface area contributed by atoms with Crippen LogP contribution in [0.15, 0.2) is 18.3 Å². The van der Waals surface area contributed by atoms with Gasteiger partial charge >= 0.3 is 0 Å². The third-order valence-corrected chi connectivity index (χ3v) is 3.16. The van der Waals surface area contributed by atoms with Crippen molar-refractivity contribution < 1.29 is 9.53 Å². The highest BCUT2D eigenvalue weighted by atomic mass is 16.5. The third-order valence-electron chi connectivity index (χ3n) is 3.16. The van der Waals surface area contributed by atoms with E-state index in [1.165, 1.54) is 12.8 Å². The van der Waals surface area contributed by atoms with Crippen molar-refractivity contribution in [2.75, 3.05) is 31.6 Å². The summed E-state index contributed by atoms with van der Waals surface area (Å²) in [7, 11) is 0. The maximum Gasteiger partial charge on any atom is 0.251 e. The topological polar surface area (TPSA) is 63.2 Å². The van der Waals surface area contributed by atoms with Crippen molar-refractivity contribution in [3.8, 4) is 0 Å². The van der Waals surface area contributed by atoms with E-state index in [2.05, 4.69) is 22.5 Å². The van der Waals surface area contributed by atoms with Gasteiger partial charge in [0, 0.05) is 31.5 Å². The van der Waals surface area contributed by atoms with Crippen molar-refractivity contribution in [3.05, 3.63) is 23.9 Å². The lowest BCUT2D eigenvalue weighted by Gasteiger charge is -2.08. The summed E-state index contributed by atoms with van der Waals surface area (Å²) in [5.74, 6) is 1.42. The largest absolute Gasteiger partial charge is 0.379 e. The van der Waals surface area contributed by atoms with Crippen LogP contribution >= 0.6 is 0 Å². The fraction of sp³-hybridized carbons (Fsp3) is 0.600. The monoisotopic (exact) mass is 277 g/mol. The third kappa shape index (κ3) is 5.17. The maximum absolute atomic E-state index is 12.0. The van der Waals surface area contributed by atoms with Crippen LogP contribution in [0.1, 0.15) is 36.5 Å². The molecule has 110 valence electrons. The van der Waals surface area contributed by atoms with Crippen molar-refractivity contribution in [3.63, 3.8) is 0 Å². The van der Waals surface area contributed by atoms with E-state index >= 15 is 0 Å². The Kier molecular flexibility index (Phi) is 5.80.